The highest BCUT2D eigenvalue weighted by molar-refractivity contribution is 6.99. The number of benzene rings is 2. The quantitative estimate of drug-likeness (QED) is 0.571. The summed E-state index contributed by atoms with van der Waals surface area (Å²) in [7, 11) is -2.66. The van der Waals surface area contributed by atoms with Crippen molar-refractivity contribution >= 4 is 24.7 Å². The van der Waals surface area contributed by atoms with Gasteiger partial charge in [-0.3, -0.25) is 4.79 Å². The van der Waals surface area contributed by atoms with Gasteiger partial charge in [0.05, 0.1) is 18.8 Å². The molecule has 1 N–H and O–H groups in total. The van der Waals surface area contributed by atoms with Crippen LogP contribution in [0, 0.1) is 11.3 Å². The number of hydrogen-bond donors (Lipinski definition) is 1. The number of carbonyl (C=O) groups excluding carboxylic acids is 1. The number of esters is 1. The van der Waals surface area contributed by atoms with Crippen LogP contribution in [0.2, 0.25) is 5.04 Å². The second kappa shape index (κ2) is 7.63. The molecular formula is C25H32O4Si. The number of ether oxygens (including phenoxy) is 1. The fourth-order valence-corrected chi connectivity index (χ4v) is 10.1. The van der Waals surface area contributed by atoms with Crippen molar-refractivity contribution in [1.29, 1.82) is 0 Å². The monoisotopic (exact) mass is 424 g/mol. The summed E-state index contributed by atoms with van der Waals surface area (Å²) >= 11 is 0. The normalized spacial score (nSPS) is 28.1. The van der Waals surface area contributed by atoms with Crippen molar-refractivity contribution in [3.05, 3.63) is 60.7 Å². The Morgan fingerprint density at radius 3 is 2.03 bits per heavy atom. The molecule has 1 unspecified atom stereocenters. The first-order valence-corrected chi connectivity index (χ1v) is 12.7. The summed E-state index contributed by atoms with van der Waals surface area (Å²) in [6.45, 7) is 8.51. The van der Waals surface area contributed by atoms with Crippen LogP contribution in [-0.4, -0.2) is 38.2 Å². The topological polar surface area (TPSA) is 55.8 Å². The molecule has 30 heavy (non-hydrogen) atoms. The molecule has 0 heterocycles. The highest BCUT2D eigenvalue weighted by Crippen LogP contribution is 2.65. The summed E-state index contributed by atoms with van der Waals surface area (Å²) in [5, 5.41) is 13.3. The van der Waals surface area contributed by atoms with Gasteiger partial charge in [0.25, 0.3) is 8.32 Å². The van der Waals surface area contributed by atoms with Gasteiger partial charge in [-0.25, -0.2) is 0 Å². The van der Waals surface area contributed by atoms with E-state index in [0.717, 1.165) is 6.42 Å². The summed E-state index contributed by atoms with van der Waals surface area (Å²) in [5.41, 5.74) is -0.332. The third-order valence-electron chi connectivity index (χ3n) is 7.04. The van der Waals surface area contributed by atoms with Crippen LogP contribution < -0.4 is 10.4 Å². The van der Waals surface area contributed by atoms with E-state index in [1.165, 1.54) is 17.3 Å². The van der Waals surface area contributed by atoms with Gasteiger partial charge in [0.15, 0.2) is 0 Å². The van der Waals surface area contributed by atoms with Crippen LogP contribution in [0.4, 0.5) is 0 Å². The summed E-state index contributed by atoms with van der Waals surface area (Å²) in [6, 6.07) is 21.2. The average Bonchev–Trinajstić information content (AvgIpc) is 3.40. The molecule has 5 heteroatoms. The van der Waals surface area contributed by atoms with E-state index < -0.39 is 14.4 Å². The Morgan fingerprint density at radius 2 is 1.60 bits per heavy atom. The van der Waals surface area contributed by atoms with E-state index in [2.05, 4.69) is 69.3 Å². The lowest BCUT2D eigenvalue weighted by molar-refractivity contribution is -0.144. The molecule has 0 aromatic heterocycles. The van der Waals surface area contributed by atoms with Gasteiger partial charge in [0.1, 0.15) is 0 Å². The Morgan fingerprint density at radius 1 is 1.07 bits per heavy atom. The Hall–Kier alpha value is -1.95. The zero-order valence-electron chi connectivity index (χ0n) is 18.3. The maximum absolute atomic E-state index is 11.4. The second-order valence-electron chi connectivity index (χ2n) is 9.90. The van der Waals surface area contributed by atoms with Gasteiger partial charge in [-0.05, 0) is 34.2 Å². The number of aliphatic hydroxyl groups is 1. The molecule has 0 bridgehead atoms. The molecule has 2 aromatic carbocycles. The Labute approximate surface area is 180 Å². The third kappa shape index (κ3) is 3.43. The lowest BCUT2D eigenvalue weighted by atomic mass is 10.0. The number of carbonyl (C=O) groups is 1. The Bertz CT molecular complexity index is 853. The molecule has 0 saturated heterocycles. The fraction of sp³-hybridized carbons (Fsp3) is 0.480. The Kier molecular flexibility index (Phi) is 5.41. The van der Waals surface area contributed by atoms with Crippen LogP contribution in [0.1, 0.15) is 40.5 Å². The van der Waals surface area contributed by atoms with Crippen molar-refractivity contribution in [2.24, 2.45) is 11.3 Å². The van der Waals surface area contributed by atoms with E-state index in [1.54, 1.807) is 0 Å². The molecule has 4 rings (SSSR count). The molecule has 2 aromatic rings. The van der Waals surface area contributed by atoms with Gasteiger partial charge >= 0.3 is 5.97 Å². The predicted molar refractivity (Wildman–Crippen MR) is 120 cm³/mol. The van der Waals surface area contributed by atoms with Crippen LogP contribution in [0.25, 0.3) is 0 Å². The molecule has 4 atom stereocenters. The Balaban J connectivity index is 1.73. The van der Waals surface area contributed by atoms with Crippen molar-refractivity contribution in [2.75, 3.05) is 6.61 Å². The number of rotatable bonds is 6. The van der Waals surface area contributed by atoms with E-state index in [1.807, 2.05) is 12.1 Å². The van der Waals surface area contributed by atoms with Crippen molar-refractivity contribution in [2.45, 2.75) is 57.8 Å². The molecule has 0 spiro atoms. The van der Waals surface area contributed by atoms with Gasteiger partial charge < -0.3 is 14.3 Å². The van der Waals surface area contributed by atoms with Crippen molar-refractivity contribution in [3.8, 4) is 0 Å². The van der Waals surface area contributed by atoms with E-state index in [-0.39, 0.29) is 35.1 Å². The molecule has 0 aliphatic heterocycles. The largest absolute Gasteiger partial charge is 0.465 e. The minimum absolute atomic E-state index is 0.0399. The zero-order valence-corrected chi connectivity index (χ0v) is 19.3. The van der Waals surface area contributed by atoms with Gasteiger partial charge in [0.2, 0.25) is 0 Å². The minimum atomic E-state index is -2.66. The van der Waals surface area contributed by atoms with Gasteiger partial charge in [-0.1, -0.05) is 81.4 Å². The molecular weight excluding hydrogens is 392 g/mol. The van der Waals surface area contributed by atoms with Crippen LogP contribution >= 0.6 is 0 Å². The van der Waals surface area contributed by atoms with Crippen LogP contribution in [0.5, 0.6) is 0 Å². The SMILES string of the molecule is CC(=O)OC[C@]12CC1[C@@H](O[Si](c1ccccc1)(c1ccccc1)C(C)(C)C)C[C@H]2O. The average molecular weight is 425 g/mol. The molecule has 0 radical (unpaired) electrons. The molecule has 2 saturated carbocycles. The van der Waals surface area contributed by atoms with Gasteiger partial charge in [-0.2, -0.15) is 0 Å². The summed E-state index contributed by atoms with van der Waals surface area (Å²) in [5.74, 6) is -0.0629. The fourth-order valence-electron chi connectivity index (χ4n) is 5.40. The molecule has 4 nitrogen and oxygen atoms in total. The number of hydrogen-bond acceptors (Lipinski definition) is 4. The molecule has 2 aliphatic rings. The maximum atomic E-state index is 11.4. The molecule has 160 valence electrons. The van der Waals surface area contributed by atoms with Gasteiger partial charge in [-0.15, -0.1) is 0 Å². The maximum Gasteiger partial charge on any atom is 0.302 e. The lowest BCUT2D eigenvalue weighted by Crippen LogP contribution is -2.67. The van der Waals surface area contributed by atoms with Crippen molar-refractivity contribution in [3.63, 3.8) is 0 Å². The van der Waals surface area contributed by atoms with E-state index in [9.17, 15) is 9.90 Å². The zero-order chi connectivity index (χ0) is 21.6. The molecule has 2 fully saturated rings. The summed E-state index contributed by atoms with van der Waals surface area (Å²) in [4.78, 5) is 11.4. The van der Waals surface area contributed by atoms with Crippen LogP contribution in [0.15, 0.2) is 60.7 Å². The highest BCUT2D eigenvalue weighted by atomic mass is 28.4. The predicted octanol–water partition coefficient (Wildman–Crippen LogP) is 3.27. The third-order valence-corrected chi connectivity index (χ3v) is 12.1. The molecule has 2 aliphatic carbocycles. The van der Waals surface area contributed by atoms with E-state index in [0.29, 0.717) is 6.42 Å². The molecule has 0 amide bonds. The van der Waals surface area contributed by atoms with Gasteiger partial charge in [0, 0.05) is 12.3 Å². The minimum Gasteiger partial charge on any atom is -0.465 e. The van der Waals surface area contributed by atoms with E-state index in [4.69, 9.17) is 9.16 Å². The smallest absolute Gasteiger partial charge is 0.302 e. The first-order chi connectivity index (χ1) is 14.2. The van der Waals surface area contributed by atoms with Crippen LogP contribution in [0.3, 0.4) is 0 Å². The number of fused-ring (bicyclic) bond motifs is 1. The highest BCUT2D eigenvalue weighted by Gasteiger charge is 2.69. The summed E-state index contributed by atoms with van der Waals surface area (Å²) < 4.78 is 12.5. The standard InChI is InChI=1S/C25H32O4Si/c1-18(26)28-17-25-16-21(25)22(15-23(25)27)29-30(24(2,3)4,19-11-7-5-8-12-19)20-13-9-6-10-14-20/h5-14,21-23,27H,15-17H2,1-4H3/t21?,22-,23+,25+/m0/s1. The first-order valence-electron chi connectivity index (χ1n) is 10.8. The van der Waals surface area contributed by atoms with Crippen molar-refractivity contribution < 1.29 is 19.1 Å². The number of aliphatic hydroxyl groups excluding tert-OH is 1. The first kappa shape index (κ1) is 21.3. The van der Waals surface area contributed by atoms with E-state index >= 15 is 0 Å². The lowest BCUT2D eigenvalue weighted by Gasteiger charge is -2.45. The second-order valence-corrected chi connectivity index (χ2v) is 14.1. The van der Waals surface area contributed by atoms with Crippen molar-refractivity contribution in [1.82, 2.24) is 0 Å². The summed E-state index contributed by atoms with van der Waals surface area (Å²) in [6.07, 6.45) is 0.910. The van der Waals surface area contributed by atoms with Crippen LogP contribution in [-0.2, 0) is 14.0 Å².